The van der Waals surface area contributed by atoms with Gasteiger partial charge in [0.15, 0.2) is 5.65 Å². The maximum atomic E-state index is 5.88. The second-order valence-corrected chi connectivity index (χ2v) is 5.30. The first-order valence-corrected chi connectivity index (χ1v) is 7.14. The van der Waals surface area contributed by atoms with Crippen LogP contribution in [0.5, 0.6) is 0 Å². The quantitative estimate of drug-likeness (QED) is 0.691. The summed E-state index contributed by atoms with van der Waals surface area (Å²) in [6.07, 6.45) is 2.58. The van der Waals surface area contributed by atoms with Crippen molar-refractivity contribution in [2.75, 3.05) is 5.88 Å². The molecule has 0 aliphatic heterocycles. The van der Waals surface area contributed by atoms with E-state index in [0.29, 0.717) is 12.4 Å². The van der Waals surface area contributed by atoms with Crippen LogP contribution in [0.25, 0.3) is 11.2 Å². The molecule has 3 aromatic heterocycles. The number of nitrogens with zero attached hydrogens (tertiary/aromatic N) is 3. The minimum absolute atomic E-state index is 0.541. The Morgan fingerprint density at radius 2 is 2.15 bits per heavy atom. The number of alkyl halides is 1. The van der Waals surface area contributed by atoms with E-state index in [-0.39, 0.29) is 0 Å². The van der Waals surface area contributed by atoms with E-state index < -0.39 is 0 Å². The lowest BCUT2D eigenvalue weighted by Crippen LogP contribution is -2.06. The molecule has 0 unspecified atom stereocenters. The highest BCUT2D eigenvalue weighted by molar-refractivity contribution is 6.17. The molecule has 0 fully saturated rings. The minimum atomic E-state index is 0.541. The van der Waals surface area contributed by atoms with Crippen LogP contribution in [-0.2, 0) is 13.0 Å². The highest BCUT2D eigenvalue weighted by Crippen LogP contribution is 2.19. The molecule has 0 aromatic carbocycles. The summed E-state index contributed by atoms with van der Waals surface area (Å²) >= 11 is 5.88. The third-order valence-electron chi connectivity index (χ3n) is 3.23. The largest absolute Gasteiger partial charge is 0.464 e. The summed E-state index contributed by atoms with van der Waals surface area (Å²) in [6.45, 7) is 4.59. The number of imidazole rings is 1. The first-order chi connectivity index (χ1) is 9.67. The van der Waals surface area contributed by atoms with E-state index in [1.165, 1.54) is 0 Å². The Bertz CT molecular complexity index is 745. The number of aromatic nitrogens is 3. The molecule has 104 valence electrons. The van der Waals surface area contributed by atoms with Crippen LogP contribution in [0.2, 0.25) is 0 Å². The fourth-order valence-corrected chi connectivity index (χ4v) is 2.49. The third kappa shape index (κ3) is 2.43. The summed E-state index contributed by atoms with van der Waals surface area (Å²) in [5, 5.41) is 0. The number of rotatable bonds is 4. The Hall–Kier alpha value is -1.81. The van der Waals surface area contributed by atoms with Gasteiger partial charge in [-0.1, -0.05) is 0 Å². The molecule has 0 aliphatic carbocycles. The molecule has 0 saturated carbocycles. The van der Waals surface area contributed by atoms with Gasteiger partial charge in [-0.05, 0) is 37.6 Å². The van der Waals surface area contributed by atoms with E-state index in [4.69, 9.17) is 16.0 Å². The highest BCUT2D eigenvalue weighted by atomic mass is 35.5. The van der Waals surface area contributed by atoms with Gasteiger partial charge in [-0.2, -0.15) is 0 Å². The maximum Gasteiger partial charge on any atom is 0.160 e. The van der Waals surface area contributed by atoms with E-state index in [9.17, 15) is 0 Å². The Morgan fingerprint density at radius 3 is 2.85 bits per heavy atom. The van der Waals surface area contributed by atoms with Crippen LogP contribution in [0.1, 0.15) is 22.9 Å². The van der Waals surface area contributed by atoms with Crippen LogP contribution in [-0.4, -0.2) is 20.4 Å². The summed E-state index contributed by atoms with van der Waals surface area (Å²) in [5.41, 5.74) is 2.89. The number of pyridine rings is 1. The summed E-state index contributed by atoms with van der Waals surface area (Å²) in [6, 6.07) is 6.00. The summed E-state index contributed by atoms with van der Waals surface area (Å²) in [5.74, 6) is 3.30. The van der Waals surface area contributed by atoms with Gasteiger partial charge in [0.1, 0.15) is 22.9 Å². The zero-order valence-corrected chi connectivity index (χ0v) is 12.3. The van der Waals surface area contributed by atoms with Gasteiger partial charge < -0.3 is 8.98 Å². The number of fused-ring (bicyclic) bond motifs is 1. The van der Waals surface area contributed by atoms with Crippen LogP contribution in [0.15, 0.2) is 28.8 Å². The molecule has 0 radical (unpaired) electrons. The molecule has 0 aliphatic rings. The average molecular weight is 290 g/mol. The zero-order valence-electron chi connectivity index (χ0n) is 11.6. The molecule has 0 bridgehead atoms. The molecule has 0 atom stereocenters. The molecule has 3 heterocycles. The second kappa shape index (κ2) is 5.29. The van der Waals surface area contributed by atoms with Gasteiger partial charge in [0, 0.05) is 18.5 Å². The standard InChI is InChI=1S/C15H16ClN3O/c1-10-7-13-15(17-8-10)19(14(18-13)5-6-16)9-12-4-3-11(2)20-12/h3-4,7-8H,5-6,9H2,1-2H3. The van der Waals surface area contributed by atoms with Gasteiger partial charge >= 0.3 is 0 Å². The fraction of sp³-hybridized carbons (Fsp3) is 0.333. The van der Waals surface area contributed by atoms with E-state index in [1.807, 2.05) is 38.2 Å². The topological polar surface area (TPSA) is 43.9 Å². The van der Waals surface area contributed by atoms with Crippen molar-refractivity contribution >= 4 is 22.8 Å². The number of hydrogen-bond donors (Lipinski definition) is 0. The second-order valence-electron chi connectivity index (χ2n) is 4.92. The van der Waals surface area contributed by atoms with Gasteiger partial charge in [-0.3, -0.25) is 0 Å². The lowest BCUT2D eigenvalue weighted by atomic mass is 10.3. The smallest absolute Gasteiger partial charge is 0.160 e. The van der Waals surface area contributed by atoms with Crippen LogP contribution in [0, 0.1) is 13.8 Å². The van der Waals surface area contributed by atoms with Crippen LogP contribution < -0.4 is 0 Å². The monoisotopic (exact) mass is 289 g/mol. The zero-order chi connectivity index (χ0) is 14.1. The van der Waals surface area contributed by atoms with Gasteiger partial charge in [0.25, 0.3) is 0 Å². The lowest BCUT2D eigenvalue weighted by molar-refractivity contribution is 0.468. The molecule has 0 N–H and O–H groups in total. The highest BCUT2D eigenvalue weighted by Gasteiger charge is 2.13. The molecule has 3 rings (SSSR count). The van der Waals surface area contributed by atoms with Crippen molar-refractivity contribution in [2.45, 2.75) is 26.8 Å². The lowest BCUT2D eigenvalue weighted by Gasteiger charge is -2.05. The van der Waals surface area contributed by atoms with Crippen LogP contribution >= 0.6 is 11.6 Å². The summed E-state index contributed by atoms with van der Waals surface area (Å²) in [4.78, 5) is 9.14. The summed E-state index contributed by atoms with van der Waals surface area (Å²) < 4.78 is 7.73. The first-order valence-electron chi connectivity index (χ1n) is 6.60. The third-order valence-corrected chi connectivity index (χ3v) is 3.42. The van der Waals surface area contributed by atoms with Crippen molar-refractivity contribution in [3.05, 3.63) is 47.3 Å². The van der Waals surface area contributed by atoms with E-state index in [0.717, 1.165) is 40.5 Å². The minimum Gasteiger partial charge on any atom is -0.464 e. The van der Waals surface area contributed by atoms with Crippen molar-refractivity contribution in [1.29, 1.82) is 0 Å². The average Bonchev–Trinajstić information content (AvgIpc) is 2.95. The molecular formula is C15H16ClN3O. The van der Waals surface area contributed by atoms with Crippen LogP contribution in [0.3, 0.4) is 0 Å². The molecule has 0 amide bonds. The molecule has 3 aromatic rings. The van der Waals surface area contributed by atoms with Gasteiger partial charge in [-0.15, -0.1) is 11.6 Å². The van der Waals surface area contributed by atoms with Crippen molar-refractivity contribution in [3.63, 3.8) is 0 Å². The first kappa shape index (κ1) is 13.2. The molecule has 0 spiro atoms. The number of halogens is 1. The molecular weight excluding hydrogens is 274 g/mol. The number of furan rings is 1. The predicted octanol–water partition coefficient (Wildman–Crippen LogP) is 3.47. The normalized spacial score (nSPS) is 11.3. The van der Waals surface area contributed by atoms with E-state index in [1.54, 1.807) is 0 Å². The molecule has 0 saturated heterocycles. The van der Waals surface area contributed by atoms with Crippen molar-refractivity contribution in [2.24, 2.45) is 0 Å². The van der Waals surface area contributed by atoms with Gasteiger partial charge in [-0.25, -0.2) is 9.97 Å². The summed E-state index contributed by atoms with van der Waals surface area (Å²) in [7, 11) is 0. The number of hydrogen-bond acceptors (Lipinski definition) is 3. The maximum absolute atomic E-state index is 5.88. The Kier molecular flexibility index (Phi) is 3.49. The molecule has 5 heteroatoms. The fourth-order valence-electron chi connectivity index (χ4n) is 2.33. The van der Waals surface area contributed by atoms with Crippen molar-refractivity contribution < 1.29 is 4.42 Å². The predicted molar refractivity (Wildman–Crippen MR) is 79.2 cm³/mol. The molecule has 4 nitrogen and oxygen atoms in total. The molecule has 20 heavy (non-hydrogen) atoms. The Balaban J connectivity index is 2.08. The van der Waals surface area contributed by atoms with E-state index >= 15 is 0 Å². The van der Waals surface area contributed by atoms with Crippen molar-refractivity contribution in [3.8, 4) is 0 Å². The number of aryl methyl sites for hydroxylation is 3. The van der Waals surface area contributed by atoms with Gasteiger partial charge in [0.2, 0.25) is 0 Å². The van der Waals surface area contributed by atoms with Crippen LogP contribution in [0.4, 0.5) is 0 Å². The van der Waals surface area contributed by atoms with E-state index in [2.05, 4.69) is 14.5 Å². The SMILES string of the molecule is Cc1cnc2c(c1)nc(CCCl)n2Cc1ccc(C)o1. The van der Waals surface area contributed by atoms with Crippen molar-refractivity contribution in [1.82, 2.24) is 14.5 Å². The Labute approximate surface area is 122 Å². The Morgan fingerprint density at radius 1 is 1.30 bits per heavy atom. The van der Waals surface area contributed by atoms with Gasteiger partial charge in [0.05, 0.1) is 6.54 Å².